The minimum Gasteiger partial charge on any atom is -0.496 e. The quantitative estimate of drug-likeness (QED) is 0.859. The first-order valence-electron chi connectivity index (χ1n) is 9.41. The number of piperidine rings is 1. The standard InChI is InChI=1S/C22H26N2O4/c1-15-6-4-7-17(14-15)23-21(25)16-10-12-24(13-11-16)22(26)20-18(27-2)8-5-9-19(20)28-3/h4-9,14,16H,10-13H2,1-3H3,(H,23,25). The van der Waals surface area contributed by atoms with Crippen molar-refractivity contribution < 1.29 is 19.1 Å². The van der Waals surface area contributed by atoms with Crippen LogP contribution in [0.1, 0.15) is 28.8 Å². The van der Waals surface area contributed by atoms with E-state index >= 15 is 0 Å². The van der Waals surface area contributed by atoms with E-state index in [0.717, 1.165) is 11.3 Å². The van der Waals surface area contributed by atoms with Crippen LogP contribution < -0.4 is 14.8 Å². The SMILES string of the molecule is COc1cccc(OC)c1C(=O)N1CCC(C(=O)Nc2cccc(C)c2)CC1. The Morgan fingerprint density at radius 3 is 2.18 bits per heavy atom. The number of hydrogen-bond donors (Lipinski definition) is 1. The van der Waals surface area contributed by atoms with Crippen LogP contribution in [0.15, 0.2) is 42.5 Å². The first kappa shape index (κ1) is 19.7. The zero-order valence-electron chi connectivity index (χ0n) is 16.5. The van der Waals surface area contributed by atoms with Crippen molar-refractivity contribution in [1.29, 1.82) is 0 Å². The van der Waals surface area contributed by atoms with E-state index in [1.165, 1.54) is 14.2 Å². The Balaban J connectivity index is 1.64. The predicted molar refractivity (Wildman–Crippen MR) is 108 cm³/mol. The highest BCUT2D eigenvalue weighted by Crippen LogP contribution is 2.31. The third-order valence-corrected chi connectivity index (χ3v) is 5.08. The molecule has 2 aromatic carbocycles. The van der Waals surface area contributed by atoms with Crippen LogP contribution in [0.3, 0.4) is 0 Å². The summed E-state index contributed by atoms with van der Waals surface area (Å²) in [6.45, 7) is 3.03. The molecular weight excluding hydrogens is 356 g/mol. The van der Waals surface area contributed by atoms with E-state index in [9.17, 15) is 9.59 Å². The topological polar surface area (TPSA) is 67.9 Å². The number of likely N-dealkylation sites (tertiary alicyclic amines) is 1. The highest BCUT2D eigenvalue weighted by Gasteiger charge is 2.30. The maximum atomic E-state index is 13.0. The molecule has 1 N–H and O–H groups in total. The molecule has 1 aliphatic rings. The van der Waals surface area contributed by atoms with Gasteiger partial charge in [-0.1, -0.05) is 18.2 Å². The molecule has 1 heterocycles. The zero-order chi connectivity index (χ0) is 20.1. The second-order valence-corrected chi connectivity index (χ2v) is 6.96. The Morgan fingerprint density at radius 2 is 1.61 bits per heavy atom. The van der Waals surface area contributed by atoms with Crippen LogP contribution in [-0.4, -0.2) is 44.0 Å². The molecule has 0 aromatic heterocycles. The van der Waals surface area contributed by atoms with Gasteiger partial charge in [0.25, 0.3) is 5.91 Å². The van der Waals surface area contributed by atoms with Gasteiger partial charge in [-0.3, -0.25) is 9.59 Å². The van der Waals surface area contributed by atoms with E-state index in [4.69, 9.17) is 9.47 Å². The van der Waals surface area contributed by atoms with Gasteiger partial charge in [0.1, 0.15) is 17.1 Å². The molecule has 148 valence electrons. The van der Waals surface area contributed by atoms with Gasteiger partial charge in [0.2, 0.25) is 5.91 Å². The number of ether oxygens (including phenoxy) is 2. The molecule has 28 heavy (non-hydrogen) atoms. The summed E-state index contributed by atoms with van der Waals surface area (Å²) in [5, 5.41) is 2.98. The maximum Gasteiger partial charge on any atom is 0.261 e. The fraction of sp³-hybridized carbons (Fsp3) is 0.364. The summed E-state index contributed by atoms with van der Waals surface area (Å²) in [5.41, 5.74) is 2.33. The van der Waals surface area contributed by atoms with E-state index in [1.807, 2.05) is 31.2 Å². The van der Waals surface area contributed by atoms with Gasteiger partial charge in [-0.2, -0.15) is 0 Å². The lowest BCUT2D eigenvalue weighted by molar-refractivity contribution is -0.121. The molecule has 1 aliphatic heterocycles. The molecule has 1 saturated heterocycles. The Labute approximate surface area is 165 Å². The third-order valence-electron chi connectivity index (χ3n) is 5.08. The molecule has 1 fully saturated rings. The predicted octanol–water partition coefficient (Wildman–Crippen LogP) is 3.50. The van der Waals surface area contributed by atoms with E-state index < -0.39 is 0 Å². The number of hydrogen-bond acceptors (Lipinski definition) is 4. The second-order valence-electron chi connectivity index (χ2n) is 6.96. The molecule has 0 aliphatic carbocycles. The molecule has 2 amide bonds. The molecule has 0 saturated carbocycles. The number of anilines is 1. The van der Waals surface area contributed by atoms with Crippen LogP contribution in [0.25, 0.3) is 0 Å². The summed E-state index contributed by atoms with van der Waals surface area (Å²) in [6, 6.07) is 13.0. The van der Waals surface area contributed by atoms with Gasteiger partial charge in [-0.05, 0) is 49.6 Å². The Bertz CT molecular complexity index is 835. The summed E-state index contributed by atoms with van der Waals surface area (Å²) in [7, 11) is 3.07. The molecule has 0 bridgehead atoms. The number of benzene rings is 2. The van der Waals surface area contributed by atoms with Gasteiger partial charge in [-0.15, -0.1) is 0 Å². The van der Waals surface area contributed by atoms with Gasteiger partial charge in [0.05, 0.1) is 14.2 Å². The zero-order valence-corrected chi connectivity index (χ0v) is 16.5. The fourth-order valence-electron chi connectivity index (χ4n) is 3.53. The second kappa shape index (κ2) is 8.78. The van der Waals surface area contributed by atoms with Crippen molar-refractivity contribution in [3.63, 3.8) is 0 Å². The van der Waals surface area contributed by atoms with Crippen molar-refractivity contribution in [3.8, 4) is 11.5 Å². The van der Waals surface area contributed by atoms with Gasteiger partial charge in [0, 0.05) is 24.7 Å². The minimum atomic E-state index is -0.133. The lowest BCUT2D eigenvalue weighted by atomic mass is 9.95. The van der Waals surface area contributed by atoms with Crippen molar-refractivity contribution in [1.82, 2.24) is 4.90 Å². The first-order valence-corrected chi connectivity index (χ1v) is 9.41. The molecular formula is C22H26N2O4. The molecule has 0 spiro atoms. The lowest BCUT2D eigenvalue weighted by Crippen LogP contribution is -2.41. The molecule has 6 heteroatoms. The molecule has 0 unspecified atom stereocenters. The normalized spacial score (nSPS) is 14.5. The average molecular weight is 382 g/mol. The summed E-state index contributed by atoms with van der Waals surface area (Å²) >= 11 is 0. The Hall–Kier alpha value is -3.02. The number of rotatable bonds is 5. The summed E-state index contributed by atoms with van der Waals surface area (Å²) in [4.78, 5) is 27.4. The van der Waals surface area contributed by atoms with Crippen molar-refractivity contribution in [2.45, 2.75) is 19.8 Å². The van der Waals surface area contributed by atoms with Crippen LogP contribution in [0.4, 0.5) is 5.69 Å². The summed E-state index contributed by atoms with van der Waals surface area (Å²) < 4.78 is 10.7. The smallest absolute Gasteiger partial charge is 0.261 e. The minimum absolute atomic E-state index is 0.00701. The largest absolute Gasteiger partial charge is 0.496 e. The molecule has 2 aromatic rings. The van der Waals surface area contributed by atoms with Crippen molar-refractivity contribution in [2.75, 3.05) is 32.6 Å². The number of methoxy groups -OCH3 is 2. The lowest BCUT2D eigenvalue weighted by Gasteiger charge is -2.32. The average Bonchev–Trinajstić information content (AvgIpc) is 2.72. The van der Waals surface area contributed by atoms with Crippen LogP contribution in [0, 0.1) is 12.8 Å². The number of carbonyl (C=O) groups excluding carboxylic acids is 2. The number of amides is 2. The number of aryl methyl sites for hydroxylation is 1. The van der Waals surface area contributed by atoms with Crippen molar-refractivity contribution in [2.24, 2.45) is 5.92 Å². The van der Waals surface area contributed by atoms with Gasteiger partial charge < -0.3 is 19.7 Å². The molecule has 0 atom stereocenters. The fourth-order valence-corrected chi connectivity index (χ4v) is 3.53. The van der Waals surface area contributed by atoms with Crippen LogP contribution in [-0.2, 0) is 4.79 Å². The van der Waals surface area contributed by atoms with Gasteiger partial charge in [0.15, 0.2) is 0 Å². The maximum absolute atomic E-state index is 13.0. The Morgan fingerprint density at radius 1 is 1.00 bits per heavy atom. The summed E-state index contributed by atoms with van der Waals surface area (Å²) in [6.07, 6.45) is 1.25. The van der Waals surface area contributed by atoms with E-state index in [2.05, 4.69) is 5.32 Å². The molecule has 6 nitrogen and oxygen atoms in total. The number of nitrogens with zero attached hydrogens (tertiary/aromatic N) is 1. The Kier molecular flexibility index (Phi) is 6.19. The molecule has 3 rings (SSSR count). The highest BCUT2D eigenvalue weighted by molar-refractivity contribution is 6.00. The summed E-state index contributed by atoms with van der Waals surface area (Å²) in [5.74, 6) is 0.746. The highest BCUT2D eigenvalue weighted by atomic mass is 16.5. The number of nitrogens with one attached hydrogen (secondary N) is 1. The number of carbonyl (C=O) groups is 2. The van der Waals surface area contributed by atoms with E-state index in [0.29, 0.717) is 43.0 Å². The van der Waals surface area contributed by atoms with Crippen LogP contribution in [0.5, 0.6) is 11.5 Å². The van der Waals surface area contributed by atoms with Crippen LogP contribution in [0.2, 0.25) is 0 Å². The van der Waals surface area contributed by atoms with Crippen molar-refractivity contribution in [3.05, 3.63) is 53.6 Å². The third kappa shape index (κ3) is 4.27. The van der Waals surface area contributed by atoms with Crippen molar-refractivity contribution >= 4 is 17.5 Å². The van der Waals surface area contributed by atoms with Crippen LogP contribution >= 0.6 is 0 Å². The van der Waals surface area contributed by atoms with E-state index in [1.54, 1.807) is 23.1 Å². The van der Waals surface area contributed by atoms with E-state index in [-0.39, 0.29) is 17.7 Å². The monoisotopic (exact) mass is 382 g/mol. The van der Waals surface area contributed by atoms with Gasteiger partial charge in [-0.25, -0.2) is 0 Å². The first-order chi connectivity index (χ1) is 13.5. The van der Waals surface area contributed by atoms with Gasteiger partial charge >= 0.3 is 0 Å². The molecule has 0 radical (unpaired) electrons.